The number of hydrogen-bond acceptors (Lipinski definition) is 2. The van der Waals surface area contributed by atoms with Crippen LogP contribution >= 0.6 is 0 Å². The van der Waals surface area contributed by atoms with Crippen molar-refractivity contribution in [2.45, 2.75) is 0 Å². The van der Waals surface area contributed by atoms with Crippen LogP contribution in [0.4, 0.5) is 17.1 Å². The molecule has 0 bridgehead atoms. The molecule has 2 nitrogen and oxygen atoms in total. The average Bonchev–Trinajstić information content (AvgIpc) is 3.48. The predicted octanol–water partition coefficient (Wildman–Crippen LogP) is 12.7. The van der Waals surface area contributed by atoms with Crippen LogP contribution in [0.1, 0.15) is 0 Å². The Morgan fingerprint density at radius 1 is 0.348 bits per heavy atom. The first-order valence-electron chi connectivity index (χ1n) is 15.7. The number of benzene rings is 8. The van der Waals surface area contributed by atoms with Gasteiger partial charge in [-0.05, 0) is 86.8 Å². The molecule has 0 aliphatic carbocycles. The lowest BCUT2D eigenvalue weighted by molar-refractivity contribution is 0.670. The van der Waals surface area contributed by atoms with Gasteiger partial charge in [0.05, 0.1) is 0 Å². The van der Waals surface area contributed by atoms with Crippen molar-refractivity contribution in [2.24, 2.45) is 0 Å². The largest absolute Gasteiger partial charge is 0.455 e. The molecule has 9 rings (SSSR count). The first kappa shape index (κ1) is 26.3. The summed E-state index contributed by atoms with van der Waals surface area (Å²) >= 11 is 0. The SMILES string of the molecule is c1ccc(-c2ccc(N(c3ccc4ccccc4c3)c3cc(-c4ccccc4)c4oc5cc6ccccc6cc5c4c3)cc2)cc1. The predicted molar refractivity (Wildman–Crippen MR) is 194 cm³/mol. The quantitative estimate of drug-likeness (QED) is 0.199. The molecule has 0 aliphatic rings. The van der Waals surface area contributed by atoms with E-state index in [2.05, 4.69) is 181 Å². The van der Waals surface area contributed by atoms with Gasteiger partial charge in [-0.25, -0.2) is 0 Å². The van der Waals surface area contributed by atoms with Gasteiger partial charge in [-0.15, -0.1) is 0 Å². The maximum atomic E-state index is 6.70. The monoisotopic (exact) mass is 587 g/mol. The van der Waals surface area contributed by atoms with Crippen molar-refractivity contribution in [3.8, 4) is 22.3 Å². The molecule has 46 heavy (non-hydrogen) atoms. The normalized spacial score (nSPS) is 11.5. The summed E-state index contributed by atoms with van der Waals surface area (Å²) in [6.07, 6.45) is 0. The van der Waals surface area contributed by atoms with Gasteiger partial charge in [-0.2, -0.15) is 0 Å². The zero-order chi connectivity index (χ0) is 30.5. The van der Waals surface area contributed by atoms with Gasteiger partial charge >= 0.3 is 0 Å². The molecule has 0 unspecified atom stereocenters. The third kappa shape index (κ3) is 4.51. The molecule has 216 valence electrons. The Balaban J connectivity index is 1.31. The molecule has 0 atom stereocenters. The van der Waals surface area contributed by atoms with Crippen LogP contribution in [-0.2, 0) is 0 Å². The fourth-order valence-corrected chi connectivity index (χ4v) is 6.71. The van der Waals surface area contributed by atoms with Crippen molar-refractivity contribution >= 4 is 60.5 Å². The lowest BCUT2D eigenvalue weighted by Gasteiger charge is -2.27. The van der Waals surface area contributed by atoms with Crippen molar-refractivity contribution in [1.82, 2.24) is 0 Å². The van der Waals surface area contributed by atoms with Crippen LogP contribution in [-0.4, -0.2) is 0 Å². The van der Waals surface area contributed by atoms with E-state index in [0.717, 1.165) is 50.1 Å². The van der Waals surface area contributed by atoms with E-state index in [1.54, 1.807) is 0 Å². The molecule has 0 aliphatic heterocycles. The smallest absolute Gasteiger partial charge is 0.143 e. The van der Waals surface area contributed by atoms with Crippen LogP contribution in [0.3, 0.4) is 0 Å². The van der Waals surface area contributed by atoms with Crippen molar-refractivity contribution in [2.75, 3.05) is 4.90 Å². The molecule has 9 aromatic rings. The number of rotatable bonds is 5. The van der Waals surface area contributed by atoms with Gasteiger partial charge < -0.3 is 9.32 Å². The number of anilines is 3. The Labute approximate surface area is 267 Å². The van der Waals surface area contributed by atoms with E-state index in [1.165, 1.54) is 32.7 Å². The maximum Gasteiger partial charge on any atom is 0.143 e. The molecule has 0 N–H and O–H groups in total. The zero-order valence-electron chi connectivity index (χ0n) is 25.1. The molecule has 2 heteroatoms. The summed E-state index contributed by atoms with van der Waals surface area (Å²) < 4.78 is 6.70. The second-order valence-electron chi connectivity index (χ2n) is 11.8. The van der Waals surface area contributed by atoms with Crippen molar-refractivity contribution < 1.29 is 4.42 Å². The Kier molecular flexibility index (Phi) is 6.17. The van der Waals surface area contributed by atoms with E-state index in [0.29, 0.717) is 0 Å². The van der Waals surface area contributed by atoms with Gasteiger partial charge in [0.1, 0.15) is 11.2 Å². The summed E-state index contributed by atoms with van der Waals surface area (Å²) in [7, 11) is 0. The molecule has 0 fully saturated rings. The summed E-state index contributed by atoms with van der Waals surface area (Å²) in [6.45, 7) is 0. The highest BCUT2D eigenvalue weighted by Crippen LogP contribution is 2.44. The first-order chi connectivity index (χ1) is 22.8. The summed E-state index contributed by atoms with van der Waals surface area (Å²) in [5.41, 5.74) is 9.65. The third-order valence-corrected chi connectivity index (χ3v) is 8.99. The van der Waals surface area contributed by atoms with Crippen molar-refractivity contribution in [1.29, 1.82) is 0 Å². The van der Waals surface area contributed by atoms with Gasteiger partial charge in [-0.1, -0.05) is 127 Å². The second kappa shape index (κ2) is 10.8. The average molecular weight is 588 g/mol. The van der Waals surface area contributed by atoms with Crippen LogP contribution in [0.15, 0.2) is 180 Å². The van der Waals surface area contributed by atoms with Crippen LogP contribution < -0.4 is 4.90 Å². The number of furan rings is 1. The molecule has 0 amide bonds. The molecule has 0 saturated carbocycles. The molecule has 0 spiro atoms. The summed E-state index contributed by atoms with van der Waals surface area (Å²) in [5, 5.41) is 7.02. The fourth-order valence-electron chi connectivity index (χ4n) is 6.71. The Bertz CT molecular complexity index is 2510. The third-order valence-electron chi connectivity index (χ3n) is 8.99. The summed E-state index contributed by atoms with van der Waals surface area (Å²) in [6, 6.07) is 62.8. The molecule has 0 saturated heterocycles. The minimum absolute atomic E-state index is 0.896. The first-order valence-corrected chi connectivity index (χ1v) is 15.7. The van der Waals surface area contributed by atoms with Crippen LogP contribution in [0.2, 0.25) is 0 Å². The number of hydrogen-bond donors (Lipinski definition) is 0. The Hall–Kier alpha value is -6.12. The molecule has 1 aromatic heterocycles. The van der Waals surface area contributed by atoms with Gasteiger partial charge in [-0.3, -0.25) is 0 Å². The van der Waals surface area contributed by atoms with Crippen LogP contribution in [0.25, 0.3) is 65.7 Å². The minimum Gasteiger partial charge on any atom is -0.455 e. The van der Waals surface area contributed by atoms with Crippen molar-refractivity contribution in [3.63, 3.8) is 0 Å². The molecule has 8 aromatic carbocycles. The van der Waals surface area contributed by atoms with E-state index < -0.39 is 0 Å². The summed E-state index contributed by atoms with van der Waals surface area (Å²) in [4.78, 5) is 2.37. The van der Waals surface area contributed by atoms with Crippen LogP contribution in [0, 0.1) is 0 Å². The lowest BCUT2D eigenvalue weighted by atomic mass is 9.99. The highest BCUT2D eigenvalue weighted by molar-refractivity contribution is 6.14. The maximum absolute atomic E-state index is 6.70. The number of fused-ring (bicyclic) bond motifs is 5. The highest BCUT2D eigenvalue weighted by atomic mass is 16.3. The second-order valence-corrected chi connectivity index (χ2v) is 11.8. The van der Waals surface area contributed by atoms with E-state index >= 15 is 0 Å². The van der Waals surface area contributed by atoms with E-state index in [-0.39, 0.29) is 0 Å². The molecule has 1 heterocycles. The number of nitrogens with zero attached hydrogens (tertiary/aromatic N) is 1. The fraction of sp³-hybridized carbons (Fsp3) is 0. The summed E-state index contributed by atoms with van der Waals surface area (Å²) in [5.74, 6) is 0. The van der Waals surface area contributed by atoms with E-state index in [9.17, 15) is 0 Å². The highest BCUT2D eigenvalue weighted by Gasteiger charge is 2.20. The van der Waals surface area contributed by atoms with Gasteiger partial charge in [0, 0.05) is 33.4 Å². The Morgan fingerprint density at radius 3 is 1.63 bits per heavy atom. The van der Waals surface area contributed by atoms with Gasteiger partial charge in [0.25, 0.3) is 0 Å². The Morgan fingerprint density at radius 2 is 0.913 bits per heavy atom. The molecule has 0 radical (unpaired) electrons. The van der Waals surface area contributed by atoms with Crippen molar-refractivity contribution in [3.05, 3.63) is 176 Å². The molecular formula is C44H29NO. The topological polar surface area (TPSA) is 16.4 Å². The minimum atomic E-state index is 0.896. The lowest BCUT2D eigenvalue weighted by Crippen LogP contribution is -2.10. The van der Waals surface area contributed by atoms with Gasteiger partial charge in [0.15, 0.2) is 0 Å². The van der Waals surface area contributed by atoms with E-state index in [4.69, 9.17) is 4.42 Å². The standard InChI is InChI=1S/C44H29NO/c1-3-11-30(12-4-1)32-19-22-37(23-20-32)45(38-24-21-31-13-7-8-16-34(31)25-38)39-28-40(33-14-5-2-6-15-33)44-42(29-39)41-26-35-17-9-10-18-36(35)27-43(41)46-44/h1-29H. The zero-order valence-corrected chi connectivity index (χ0v) is 25.1. The molecular weight excluding hydrogens is 558 g/mol. The van der Waals surface area contributed by atoms with E-state index in [1.807, 2.05) is 0 Å². The van der Waals surface area contributed by atoms with Crippen LogP contribution in [0.5, 0.6) is 0 Å². The van der Waals surface area contributed by atoms with Gasteiger partial charge in [0.2, 0.25) is 0 Å².